The first-order valence-electron chi connectivity index (χ1n) is 10.7. The number of hydrogen-bond acceptors (Lipinski definition) is 5. The van der Waals surface area contributed by atoms with Crippen LogP contribution in [0.1, 0.15) is 38.9 Å². The maximum absolute atomic E-state index is 13.1. The topological polar surface area (TPSA) is 91.3 Å². The molecular weight excluding hydrogens is 425 g/mol. The summed E-state index contributed by atoms with van der Waals surface area (Å²) < 4.78 is 44.5. The largest absolute Gasteiger partial charge is 0.497 e. The molecule has 2 aromatic rings. The van der Waals surface area contributed by atoms with E-state index in [1.54, 1.807) is 7.11 Å². The number of amides is 1. The van der Waals surface area contributed by atoms with Crippen LogP contribution in [0.15, 0.2) is 24.3 Å². The standard InChI is InChI=1S/C22H27F3N4O3/c1-13-12-29(19(30)20(2,31)22(23,24)25)11-8-16(13)21(9-10-21)18-26-17(27-28-18)14-4-6-15(32-3)7-5-14/h4-7,13,16,31H,8-12H2,1-3H3,(H,26,27,28). The van der Waals surface area contributed by atoms with Crippen molar-refractivity contribution in [1.82, 2.24) is 20.1 Å². The molecule has 1 aliphatic heterocycles. The van der Waals surface area contributed by atoms with Gasteiger partial charge >= 0.3 is 6.18 Å². The van der Waals surface area contributed by atoms with Crippen LogP contribution in [-0.4, -0.2) is 63.1 Å². The van der Waals surface area contributed by atoms with Gasteiger partial charge in [-0.15, -0.1) is 0 Å². The molecule has 1 aromatic heterocycles. The summed E-state index contributed by atoms with van der Waals surface area (Å²) in [6.45, 7) is 2.79. The number of rotatable bonds is 5. The quantitative estimate of drug-likeness (QED) is 0.726. The van der Waals surface area contributed by atoms with Gasteiger partial charge < -0.3 is 14.7 Å². The molecule has 10 heteroatoms. The van der Waals surface area contributed by atoms with Crippen LogP contribution >= 0.6 is 0 Å². The Labute approximate surface area is 184 Å². The highest BCUT2D eigenvalue weighted by atomic mass is 19.4. The molecule has 174 valence electrons. The molecule has 1 aliphatic carbocycles. The number of benzene rings is 1. The summed E-state index contributed by atoms with van der Waals surface area (Å²) in [4.78, 5) is 18.2. The van der Waals surface area contributed by atoms with Crippen molar-refractivity contribution in [3.63, 3.8) is 0 Å². The predicted molar refractivity (Wildman–Crippen MR) is 110 cm³/mol. The third-order valence-electron chi connectivity index (χ3n) is 6.96. The van der Waals surface area contributed by atoms with Gasteiger partial charge in [-0.2, -0.15) is 18.3 Å². The van der Waals surface area contributed by atoms with Crippen molar-refractivity contribution in [2.24, 2.45) is 11.8 Å². The number of carbonyl (C=O) groups is 1. The Morgan fingerprint density at radius 3 is 2.47 bits per heavy atom. The van der Waals surface area contributed by atoms with Crippen LogP contribution in [0.2, 0.25) is 0 Å². The highest BCUT2D eigenvalue weighted by molar-refractivity contribution is 5.85. The summed E-state index contributed by atoms with van der Waals surface area (Å²) in [6, 6.07) is 7.43. The second-order valence-corrected chi connectivity index (χ2v) is 9.09. The molecule has 3 atom stereocenters. The molecule has 7 nitrogen and oxygen atoms in total. The predicted octanol–water partition coefficient (Wildman–Crippen LogP) is 3.31. The number of alkyl halides is 3. The van der Waals surface area contributed by atoms with Crippen molar-refractivity contribution in [2.75, 3.05) is 20.2 Å². The zero-order valence-corrected chi connectivity index (χ0v) is 18.2. The second kappa shape index (κ2) is 7.75. The molecule has 1 saturated carbocycles. The molecule has 0 bridgehead atoms. The Kier molecular flexibility index (Phi) is 5.47. The fraction of sp³-hybridized carbons (Fsp3) is 0.591. The van der Waals surface area contributed by atoms with Gasteiger partial charge in [-0.05, 0) is 62.3 Å². The fourth-order valence-corrected chi connectivity index (χ4v) is 4.85. The van der Waals surface area contributed by atoms with Crippen LogP contribution in [0, 0.1) is 11.8 Å². The van der Waals surface area contributed by atoms with Gasteiger partial charge in [0.25, 0.3) is 5.91 Å². The summed E-state index contributed by atoms with van der Waals surface area (Å²) in [5, 5.41) is 17.2. The van der Waals surface area contributed by atoms with E-state index in [2.05, 4.69) is 10.2 Å². The Hall–Kier alpha value is -2.62. The second-order valence-electron chi connectivity index (χ2n) is 9.09. The van der Waals surface area contributed by atoms with Gasteiger partial charge in [0.15, 0.2) is 5.82 Å². The number of carbonyl (C=O) groups excluding carboxylic acids is 1. The molecule has 1 amide bonds. The van der Waals surface area contributed by atoms with Gasteiger partial charge in [0.05, 0.1) is 7.11 Å². The van der Waals surface area contributed by atoms with Gasteiger partial charge in [0.1, 0.15) is 11.6 Å². The SMILES string of the molecule is COc1ccc(-c2n[nH]c(C3(C4CCN(C(=O)C(C)(O)C(F)(F)F)CC4C)CC3)n2)cc1. The Balaban J connectivity index is 1.48. The molecule has 1 saturated heterocycles. The maximum Gasteiger partial charge on any atom is 0.426 e. The minimum Gasteiger partial charge on any atom is -0.497 e. The molecule has 2 N–H and O–H groups in total. The zero-order valence-electron chi connectivity index (χ0n) is 18.2. The van der Waals surface area contributed by atoms with Crippen LogP contribution < -0.4 is 4.74 Å². The first-order valence-corrected chi connectivity index (χ1v) is 10.7. The van der Waals surface area contributed by atoms with E-state index in [1.165, 1.54) is 0 Å². The summed E-state index contributed by atoms with van der Waals surface area (Å²) in [6.07, 6.45) is -2.65. The van der Waals surface area contributed by atoms with Crippen molar-refractivity contribution < 1.29 is 27.8 Å². The average molecular weight is 452 g/mol. The number of hydrogen-bond donors (Lipinski definition) is 2. The molecule has 2 heterocycles. The normalized spacial score (nSPS) is 24.7. The van der Waals surface area contributed by atoms with Crippen molar-refractivity contribution in [3.8, 4) is 17.1 Å². The molecule has 1 aromatic carbocycles. The van der Waals surface area contributed by atoms with Gasteiger partial charge in [-0.25, -0.2) is 4.98 Å². The number of ether oxygens (including phenoxy) is 1. The first kappa shape index (κ1) is 22.6. The van der Waals surface area contributed by atoms with Crippen molar-refractivity contribution >= 4 is 5.91 Å². The van der Waals surface area contributed by atoms with Gasteiger partial charge in [0.2, 0.25) is 5.60 Å². The van der Waals surface area contributed by atoms with E-state index in [9.17, 15) is 23.1 Å². The number of halogens is 3. The Morgan fingerprint density at radius 2 is 1.94 bits per heavy atom. The van der Waals surface area contributed by atoms with E-state index in [1.807, 2.05) is 31.2 Å². The Morgan fingerprint density at radius 1 is 1.28 bits per heavy atom. The lowest BCUT2D eigenvalue weighted by molar-refractivity contribution is -0.251. The summed E-state index contributed by atoms with van der Waals surface area (Å²) in [5.41, 5.74) is -2.74. The fourth-order valence-electron chi connectivity index (χ4n) is 4.85. The van der Waals surface area contributed by atoms with Gasteiger partial charge in [-0.3, -0.25) is 9.89 Å². The number of piperidine rings is 1. The number of methoxy groups -OCH3 is 1. The molecule has 2 aliphatic rings. The third kappa shape index (κ3) is 3.74. The molecule has 0 radical (unpaired) electrons. The number of aromatic amines is 1. The van der Waals surface area contributed by atoms with E-state index in [4.69, 9.17) is 9.72 Å². The summed E-state index contributed by atoms with van der Waals surface area (Å²) in [5.74, 6) is 0.912. The number of nitrogens with zero attached hydrogens (tertiary/aromatic N) is 3. The molecule has 32 heavy (non-hydrogen) atoms. The number of likely N-dealkylation sites (tertiary alicyclic amines) is 1. The smallest absolute Gasteiger partial charge is 0.426 e. The number of aliphatic hydroxyl groups is 1. The maximum atomic E-state index is 13.1. The first-order chi connectivity index (χ1) is 15.0. The lowest BCUT2D eigenvalue weighted by Gasteiger charge is -2.42. The number of H-pyrrole nitrogens is 1. The lowest BCUT2D eigenvalue weighted by Crippen LogP contribution is -2.59. The number of aromatic nitrogens is 3. The highest BCUT2D eigenvalue weighted by Crippen LogP contribution is 2.57. The van der Waals surface area contributed by atoms with Crippen LogP contribution in [0.3, 0.4) is 0 Å². The van der Waals surface area contributed by atoms with Crippen molar-refractivity contribution in [1.29, 1.82) is 0 Å². The summed E-state index contributed by atoms with van der Waals surface area (Å²) >= 11 is 0. The van der Waals surface area contributed by atoms with E-state index in [0.717, 1.165) is 34.9 Å². The minimum atomic E-state index is -5.01. The van der Waals surface area contributed by atoms with Crippen molar-refractivity contribution in [3.05, 3.63) is 30.1 Å². The average Bonchev–Trinajstić information content (AvgIpc) is 3.40. The Bertz CT molecular complexity index is 983. The van der Waals surface area contributed by atoms with Gasteiger partial charge in [-0.1, -0.05) is 6.92 Å². The van der Waals surface area contributed by atoms with Crippen molar-refractivity contribution in [2.45, 2.75) is 50.3 Å². The van der Waals surface area contributed by atoms with Crippen LogP contribution in [0.5, 0.6) is 5.75 Å². The monoisotopic (exact) mass is 452 g/mol. The van der Waals surface area contributed by atoms with Crippen LogP contribution in [0.25, 0.3) is 11.4 Å². The highest BCUT2D eigenvalue weighted by Gasteiger charge is 2.59. The molecule has 4 rings (SSSR count). The van der Waals surface area contributed by atoms with Crippen LogP contribution in [-0.2, 0) is 10.2 Å². The summed E-state index contributed by atoms with van der Waals surface area (Å²) in [7, 11) is 1.60. The zero-order chi connectivity index (χ0) is 23.3. The molecular formula is C22H27F3N4O3. The lowest BCUT2D eigenvalue weighted by atomic mass is 9.74. The van der Waals surface area contributed by atoms with E-state index in [0.29, 0.717) is 19.2 Å². The van der Waals surface area contributed by atoms with E-state index < -0.39 is 17.7 Å². The van der Waals surface area contributed by atoms with E-state index in [-0.39, 0.29) is 30.3 Å². The van der Waals surface area contributed by atoms with Gasteiger partial charge in [0, 0.05) is 24.1 Å². The minimum absolute atomic E-state index is 0.0474. The molecule has 0 spiro atoms. The van der Waals surface area contributed by atoms with E-state index >= 15 is 0 Å². The third-order valence-corrected chi connectivity index (χ3v) is 6.96. The number of nitrogens with one attached hydrogen (secondary N) is 1. The molecule has 2 fully saturated rings. The molecule has 3 unspecified atom stereocenters. The van der Waals surface area contributed by atoms with Crippen LogP contribution in [0.4, 0.5) is 13.2 Å².